The van der Waals surface area contributed by atoms with Gasteiger partial charge in [-0.1, -0.05) is 15.9 Å². The van der Waals surface area contributed by atoms with Gasteiger partial charge in [0.15, 0.2) is 6.04 Å². The smallest absolute Gasteiger partial charge is 0.328 e. The van der Waals surface area contributed by atoms with Crippen molar-refractivity contribution < 1.29 is 19.8 Å². The highest BCUT2D eigenvalue weighted by molar-refractivity contribution is 9.10. The maximum atomic E-state index is 11.5. The predicted molar refractivity (Wildman–Crippen MR) is 60.1 cm³/mol. The fourth-order valence-corrected chi connectivity index (χ4v) is 1.29. The molecule has 3 N–H and O–H groups in total. The lowest BCUT2D eigenvalue weighted by Gasteiger charge is -2.11. The normalized spacial score (nSPS) is 11.9. The third kappa shape index (κ3) is 3.32. The molecule has 0 aromatic heterocycles. The van der Waals surface area contributed by atoms with Crippen LogP contribution in [-0.2, 0) is 4.79 Å². The molecule has 0 heterocycles. The van der Waals surface area contributed by atoms with E-state index in [9.17, 15) is 9.59 Å². The monoisotopic (exact) mass is 287 g/mol. The third-order valence-electron chi connectivity index (χ3n) is 1.89. The predicted octanol–water partition coefficient (Wildman–Crippen LogP) is 0.624. The Morgan fingerprint density at radius 2 is 1.88 bits per heavy atom. The number of hydrogen-bond donors (Lipinski definition) is 3. The largest absolute Gasteiger partial charge is 0.480 e. The number of halogens is 1. The van der Waals surface area contributed by atoms with E-state index in [-0.39, 0.29) is 0 Å². The minimum Gasteiger partial charge on any atom is -0.480 e. The Bertz CT molecular complexity index is 390. The molecule has 1 atom stereocenters. The van der Waals surface area contributed by atoms with Gasteiger partial charge in [-0.25, -0.2) is 4.79 Å². The molecule has 6 heteroatoms. The van der Waals surface area contributed by atoms with Gasteiger partial charge in [0.05, 0.1) is 6.61 Å². The molecule has 0 radical (unpaired) electrons. The van der Waals surface area contributed by atoms with E-state index in [4.69, 9.17) is 10.2 Å². The Kier molecular flexibility index (Phi) is 4.45. The Morgan fingerprint density at radius 1 is 1.31 bits per heavy atom. The van der Waals surface area contributed by atoms with E-state index in [0.29, 0.717) is 5.56 Å². The van der Waals surface area contributed by atoms with Crippen molar-refractivity contribution in [2.75, 3.05) is 6.61 Å². The number of aliphatic hydroxyl groups excluding tert-OH is 1. The number of rotatable bonds is 4. The summed E-state index contributed by atoms with van der Waals surface area (Å²) in [5.41, 5.74) is 0.336. The lowest BCUT2D eigenvalue weighted by atomic mass is 10.2. The van der Waals surface area contributed by atoms with Gasteiger partial charge in [0.1, 0.15) is 0 Å². The summed E-state index contributed by atoms with van der Waals surface area (Å²) < 4.78 is 0.820. The van der Waals surface area contributed by atoms with Crippen LogP contribution in [0.5, 0.6) is 0 Å². The first-order chi connectivity index (χ1) is 7.54. The van der Waals surface area contributed by atoms with Crippen LogP contribution in [0.3, 0.4) is 0 Å². The maximum Gasteiger partial charge on any atom is 0.328 e. The molecule has 0 spiro atoms. The molecule has 0 aliphatic heterocycles. The number of hydrogen-bond acceptors (Lipinski definition) is 3. The summed E-state index contributed by atoms with van der Waals surface area (Å²) in [6.45, 7) is -0.641. The van der Waals surface area contributed by atoms with E-state index in [1.807, 2.05) is 0 Å². The number of nitrogens with one attached hydrogen (secondary N) is 1. The summed E-state index contributed by atoms with van der Waals surface area (Å²) in [6.07, 6.45) is 0. The molecule has 1 amide bonds. The third-order valence-corrected chi connectivity index (χ3v) is 2.42. The lowest BCUT2D eigenvalue weighted by molar-refractivity contribution is -0.140. The Labute approximate surface area is 100 Å². The van der Waals surface area contributed by atoms with Crippen LogP contribution in [0, 0.1) is 0 Å². The summed E-state index contributed by atoms with van der Waals surface area (Å²) in [5, 5.41) is 19.6. The number of carboxylic acids is 1. The van der Waals surface area contributed by atoms with Crippen molar-refractivity contribution in [3.8, 4) is 0 Å². The first-order valence-corrected chi connectivity index (χ1v) is 5.24. The van der Waals surface area contributed by atoms with Gasteiger partial charge in [-0.2, -0.15) is 0 Å². The maximum absolute atomic E-state index is 11.5. The van der Waals surface area contributed by atoms with E-state index in [1.54, 1.807) is 24.3 Å². The van der Waals surface area contributed by atoms with Crippen molar-refractivity contribution in [3.63, 3.8) is 0 Å². The summed E-state index contributed by atoms with van der Waals surface area (Å²) >= 11 is 3.22. The van der Waals surface area contributed by atoms with Crippen LogP contribution in [-0.4, -0.2) is 34.7 Å². The molecule has 1 aromatic carbocycles. The molecule has 0 saturated heterocycles. The second-order valence-corrected chi connectivity index (χ2v) is 3.97. The molecule has 16 heavy (non-hydrogen) atoms. The Morgan fingerprint density at radius 3 is 2.31 bits per heavy atom. The van der Waals surface area contributed by atoms with Gasteiger partial charge in [0.25, 0.3) is 5.91 Å². The minimum atomic E-state index is -1.28. The molecule has 0 saturated carbocycles. The molecule has 1 aromatic rings. The topological polar surface area (TPSA) is 86.6 Å². The second-order valence-electron chi connectivity index (χ2n) is 3.05. The average molecular weight is 288 g/mol. The van der Waals surface area contributed by atoms with Gasteiger partial charge < -0.3 is 15.5 Å². The average Bonchev–Trinajstić information content (AvgIpc) is 2.26. The number of carbonyl (C=O) groups excluding carboxylic acids is 1. The van der Waals surface area contributed by atoms with Gasteiger partial charge >= 0.3 is 5.97 Å². The van der Waals surface area contributed by atoms with Crippen LogP contribution in [0.2, 0.25) is 0 Å². The molecule has 0 aliphatic rings. The number of amides is 1. The Hall–Kier alpha value is -1.40. The van der Waals surface area contributed by atoms with Gasteiger partial charge in [-0.05, 0) is 24.3 Å². The van der Waals surface area contributed by atoms with E-state index < -0.39 is 24.5 Å². The first-order valence-electron chi connectivity index (χ1n) is 4.44. The molecule has 0 bridgehead atoms. The van der Waals surface area contributed by atoms with Gasteiger partial charge in [0.2, 0.25) is 0 Å². The zero-order valence-electron chi connectivity index (χ0n) is 8.18. The molecule has 0 fully saturated rings. The highest BCUT2D eigenvalue weighted by Crippen LogP contribution is 2.10. The number of aliphatic hydroxyl groups is 1. The highest BCUT2D eigenvalue weighted by atomic mass is 79.9. The molecule has 0 unspecified atom stereocenters. The summed E-state index contributed by atoms with van der Waals surface area (Å²) in [5.74, 6) is -1.80. The van der Waals surface area contributed by atoms with Crippen molar-refractivity contribution in [1.29, 1.82) is 0 Å². The standard InChI is InChI=1S/C10H10BrNO4/c11-7-3-1-6(2-4-7)9(14)12-8(5-13)10(15)16/h1-4,8,13H,5H2,(H,12,14)(H,15,16)/t8-/m0/s1. The van der Waals surface area contributed by atoms with Gasteiger partial charge in [-0.3, -0.25) is 4.79 Å². The second kappa shape index (κ2) is 5.62. The zero-order chi connectivity index (χ0) is 12.1. The quantitative estimate of drug-likeness (QED) is 0.758. The van der Waals surface area contributed by atoms with E-state index >= 15 is 0 Å². The van der Waals surface area contributed by atoms with Crippen molar-refractivity contribution in [2.24, 2.45) is 0 Å². The minimum absolute atomic E-state index is 0.336. The molecule has 1 rings (SSSR count). The number of benzene rings is 1. The van der Waals surface area contributed by atoms with Crippen molar-refractivity contribution in [1.82, 2.24) is 5.32 Å². The first kappa shape index (κ1) is 12.7. The summed E-state index contributed by atoms with van der Waals surface area (Å²) in [7, 11) is 0. The van der Waals surface area contributed by atoms with Crippen LogP contribution in [0.4, 0.5) is 0 Å². The Balaban J connectivity index is 2.71. The lowest BCUT2D eigenvalue weighted by Crippen LogP contribution is -2.43. The SMILES string of the molecule is O=C(N[C@@H](CO)C(=O)O)c1ccc(Br)cc1. The van der Waals surface area contributed by atoms with E-state index in [1.165, 1.54) is 0 Å². The van der Waals surface area contributed by atoms with Gasteiger partial charge in [0, 0.05) is 10.0 Å². The van der Waals surface area contributed by atoms with Crippen LogP contribution in [0.1, 0.15) is 10.4 Å². The van der Waals surface area contributed by atoms with Crippen LogP contribution in [0.15, 0.2) is 28.7 Å². The van der Waals surface area contributed by atoms with Crippen LogP contribution < -0.4 is 5.32 Å². The molecule has 0 aliphatic carbocycles. The molecule has 86 valence electrons. The zero-order valence-corrected chi connectivity index (χ0v) is 9.77. The molecular formula is C10H10BrNO4. The number of aliphatic carboxylic acids is 1. The van der Waals surface area contributed by atoms with Crippen molar-refractivity contribution >= 4 is 27.8 Å². The summed E-state index contributed by atoms with van der Waals surface area (Å²) in [4.78, 5) is 22.1. The highest BCUT2D eigenvalue weighted by Gasteiger charge is 2.19. The fourth-order valence-electron chi connectivity index (χ4n) is 1.03. The fraction of sp³-hybridized carbons (Fsp3) is 0.200. The number of carbonyl (C=O) groups is 2. The van der Waals surface area contributed by atoms with E-state index in [2.05, 4.69) is 21.2 Å². The van der Waals surface area contributed by atoms with Crippen LogP contribution in [0.25, 0.3) is 0 Å². The van der Waals surface area contributed by atoms with Crippen molar-refractivity contribution in [2.45, 2.75) is 6.04 Å². The van der Waals surface area contributed by atoms with Crippen LogP contribution >= 0.6 is 15.9 Å². The molecule has 5 nitrogen and oxygen atoms in total. The summed E-state index contributed by atoms with van der Waals surface area (Å²) in [6, 6.07) is 5.16. The van der Waals surface area contributed by atoms with E-state index in [0.717, 1.165) is 4.47 Å². The van der Waals surface area contributed by atoms with Gasteiger partial charge in [-0.15, -0.1) is 0 Å². The molecular weight excluding hydrogens is 278 g/mol. The number of carboxylic acid groups (broad SMARTS) is 1. The van der Waals surface area contributed by atoms with Crippen molar-refractivity contribution in [3.05, 3.63) is 34.3 Å².